The largest absolute Gasteiger partial charge is 0.384 e. The molecule has 8 nitrogen and oxygen atoms in total. The number of hydrogen-bond donors (Lipinski definition) is 1. The molecule has 0 atom stereocenters. The number of rotatable bonds is 8. The van der Waals surface area contributed by atoms with Gasteiger partial charge in [0.2, 0.25) is 5.91 Å². The molecule has 2 aliphatic rings. The molecule has 3 heterocycles. The lowest BCUT2D eigenvalue weighted by Crippen LogP contribution is -2.47. The zero-order valence-corrected chi connectivity index (χ0v) is 17.9. The molecule has 2 aromatic heterocycles. The number of nitrogens with one attached hydrogen (secondary N) is 1. The van der Waals surface area contributed by atoms with E-state index in [1.165, 1.54) is 19.3 Å². The molecule has 8 heteroatoms. The summed E-state index contributed by atoms with van der Waals surface area (Å²) in [5.74, 6) is 1.82. The summed E-state index contributed by atoms with van der Waals surface area (Å²) in [6.07, 6.45) is 9.92. The molecule has 0 spiro atoms. The Bertz CT molecular complexity index is 810. The van der Waals surface area contributed by atoms with Gasteiger partial charge in [-0.05, 0) is 44.6 Å². The summed E-state index contributed by atoms with van der Waals surface area (Å²) < 4.78 is 10.4. The number of hydrogen-bond acceptors (Lipinski definition) is 7. The van der Waals surface area contributed by atoms with E-state index >= 15 is 0 Å². The molecule has 1 saturated heterocycles. The van der Waals surface area contributed by atoms with E-state index in [1.54, 1.807) is 13.3 Å². The predicted octanol–water partition coefficient (Wildman–Crippen LogP) is 2.45. The lowest BCUT2D eigenvalue weighted by atomic mass is 9.84. The van der Waals surface area contributed by atoms with Gasteiger partial charge in [-0.25, -0.2) is 0 Å². The molecule has 0 unspecified atom stereocenters. The van der Waals surface area contributed by atoms with E-state index in [0.717, 1.165) is 68.3 Å². The highest BCUT2D eigenvalue weighted by Gasteiger charge is 2.25. The van der Waals surface area contributed by atoms with Crippen LogP contribution in [-0.4, -0.2) is 73.4 Å². The Kier molecular flexibility index (Phi) is 7.17. The molecule has 1 N–H and O–H groups in total. The second-order valence-electron chi connectivity index (χ2n) is 8.52. The lowest BCUT2D eigenvalue weighted by Gasteiger charge is -2.36. The molecule has 1 saturated carbocycles. The van der Waals surface area contributed by atoms with E-state index in [9.17, 15) is 4.79 Å². The number of carbonyl (C=O) groups is 1. The van der Waals surface area contributed by atoms with Crippen LogP contribution in [0.15, 0.2) is 23.0 Å². The number of anilines is 1. The summed E-state index contributed by atoms with van der Waals surface area (Å²) >= 11 is 0. The van der Waals surface area contributed by atoms with Gasteiger partial charge in [0.15, 0.2) is 11.4 Å². The van der Waals surface area contributed by atoms with Crippen molar-refractivity contribution in [2.75, 3.05) is 51.3 Å². The Hall–Kier alpha value is -2.19. The van der Waals surface area contributed by atoms with Crippen molar-refractivity contribution in [1.29, 1.82) is 0 Å². The first kappa shape index (κ1) is 21.1. The van der Waals surface area contributed by atoms with Gasteiger partial charge in [-0.3, -0.25) is 14.7 Å². The van der Waals surface area contributed by atoms with Gasteiger partial charge >= 0.3 is 0 Å². The molecule has 4 rings (SSSR count). The second kappa shape index (κ2) is 10.2. The molecule has 0 radical (unpaired) electrons. The first-order valence-corrected chi connectivity index (χ1v) is 11.2. The summed E-state index contributed by atoms with van der Waals surface area (Å²) in [4.78, 5) is 20.9. The molecular formula is C22H33N5O3. The number of amides is 1. The van der Waals surface area contributed by atoms with Crippen molar-refractivity contribution in [1.82, 2.24) is 20.4 Å². The van der Waals surface area contributed by atoms with Crippen LogP contribution in [0.25, 0.3) is 11.0 Å². The van der Waals surface area contributed by atoms with Gasteiger partial charge in [-0.15, -0.1) is 0 Å². The minimum absolute atomic E-state index is 0.119. The van der Waals surface area contributed by atoms with Crippen LogP contribution in [0.2, 0.25) is 0 Å². The van der Waals surface area contributed by atoms with Crippen LogP contribution >= 0.6 is 0 Å². The van der Waals surface area contributed by atoms with Gasteiger partial charge in [0.1, 0.15) is 0 Å². The minimum Gasteiger partial charge on any atom is -0.384 e. The van der Waals surface area contributed by atoms with E-state index in [-0.39, 0.29) is 5.91 Å². The van der Waals surface area contributed by atoms with Crippen LogP contribution in [0.4, 0.5) is 5.82 Å². The van der Waals surface area contributed by atoms with Crippen molar-refractivity contribution in [3.8, 4) is 0 Å². The molecule has 0 aromatic carbocycles. The molecule has 164 valence electrons. The fourth-order valence-corrected chi connectivity index (χ4v) is 4.64. The van der Waals surface area contributed by atoms with Crippen molar-refractivity contribution < 1.29 is 14.1 Å². The van der Waals surface area contributed by atoms with Crippen LogP contribution in [-0.2, 0) is 9.53 Å². The molecule has 0 bridgehead atoms. The SMILES string of the molecule is COCCC(=O)N[C@H]1CC[C@H](CCN2CCN(c3noc4ccncc34)CC2)CC1. The zero-order chi connectivity index (χ0) is 20.8. The van der Waals surface area contributed by atoms with Gasteiger partial charge in [-0.2, -0.15) is 0 Å². The number of carbonyl (C=O) groups excluding carboxylic acids is 1. The fraction of sp³-hybridized carbons (Fsp3) is 0.682. The summed E-state index contributed by atoms with van der Waals surface area (Å²) in [6, 6.07) is 2.21. The maximum absolute atomic E-state index is 11.9. The van der Waals surface area contributed by atoms with E-state index in [1.807, 2.05) is 12.3 Å². The van der Waals surface area contributed by atoms with Crippen LogP contribution in [0.1, 0.15) is 38.5 Å². The van der Waals surface area contributed by atoms with E-state index in [2.05, 4.69) is 25.3 Å². The highest BCUT2D eigenvalue weighted by molar-refractivity contribution is 5.87. The average Bonchev–Trinajstić information content (AvgIpc) is 3.22. The standard InChI is InChI=1S/C22H33N5O3/c1-29-15-8-21(28)24-18-4-2-17(3-5-18)7-10-26-11-13-27(14-12-26)22-19-16-23-9-6-20(19)30-25-22/h6,9,16-18H,2-5,7-8,10-15H2,1H3,(H,24,28)/t17-,18-. The monoisotopic (exact) mass is 415 g/mol. The smallest absolute Gasteiger partial charge is 0.222 e. The maximum atomic E-state index is 11.9. The first-order valence-electron chi connectivity index (χ1n) is 11.2. The molecule has 1 aliphatic heterocycles. The van der Waals surface area contributed by atoms with Gasteiger partial charge in [0.25, 0.3) is 0 Å². The van der Waals surface area contributed by atoms with E-state index in [0.29, 0.717) is 19.1 Å². The molecule has 2 fully saturated rings. The molecule has 30 heavy (non-hydrogen) atoms. The highest BCUT2D eigenvalue weighted by Crippen LogP contribution is 2.28. The molecule has 2 aromatic rings. The van der Waals surface area contributed by atoms with Crippen molar-refractivity contribution >= 4 is 22.7 Å². The van der Waals surface area contributed by atoms with Crippen molar-refractivity contribution in [2.45, 2.75) is 44.6 Å². The van der Waals surface area contributed by atoms with Crippen molar-refractivity contribution in [3.63, 3.8) is 0 Å². The molecule has 1 amide bonds. The van der Waals surface area contributed by atoms with Gasteiger partial charge in [-0.1, -0.05) is 5.16 Å². The Morgan fingerprint density at radius 1 is 1.23 bits per heavy atom. The topological polar surface area (TPSA) is 83.7 Å². The predicted molar refractivity (Wildman–Crippen MR) is 115 cm³/mol. The number of ether oxygens (including phenoxy) is 1. The fourth-order valence-electron chi connectivity index (χ4n) is 4.64. The van der Waals surface area contributed by atoms with Crippen LogP contribution in [0, 0.1) is 5.92 Å². The summed E-state index contributed by atoms with van der Waals surface area (Å²) in [5, 5.41) is 8.42. The van der Waals surface area contributed by atoms with Crippen LogP contribution in [0.5, 0.6) is 0 Å². The lowest BCUT2D eigenvalue weighted by molar-refractivity contribution is -0.122. The number of nitrogens with zero attached hydrogens (tertiary/aromatic N) is 4. The third-order valence-corrected chi connectivity index (χ3v) is 6.52. The van der Waals surface area contributed by atoms with Gasteiger partial charge in [0.05, 0.1) is 12.0 Å². The van der Waals surface area contributed by atoms with E-state index in [4.69, 9.17) is 9.26 Å². The quantitative estimate of drug-likeness (QED) is 0.709. The van der Waals surface area contributed by atoms with Gasteiger partial charge < -0.3 is 19.5 Å². The minimum atomic E-state index is 0.119. The zero-order valence-electron chi connectivity index (χ0n) is 17.9. The summed E-state index contributed by atoms with van der Waals surface area (Å²) in [5.41, 5.74) is 0.799. The van der Waals surface area contributed by atoms with Gasteiger partial charge in [0, 0.05) is 64.2 Å². The normalized spacial score (nSPS) is 23.0. The number of pyridine rings is 1. The number of aromatic nitrogens is 2. The second-order valence-corrected chi connectivity index (χ2v) is 8.52. The summed E-state index contributed by atoms with van der Waals surface area (Å²) in [6.45, 7) is 5.70. The Morgan fingerprint density at radius 3 is 2.80 bits per heavy atom. The first-order chi connectivity index (χ1) is 14.7. The number of piperazine rings is 1. The highest BCUT2D eigenvalue weighted by atomic mass is 16.5. The average molecular weight is 416 g/mol. The van der Waals surface area contributed by atoms with Crippen LogP contribution in [0.3, 0.4) is 0 Å². The Labute approximate surface area is 177 Å². The Balaban J connectivity index is 1.15. The molecule has 1 aliphatic carbocycles. The number of methoxy groups -OCH3 is 1. The third-order valence-electron chi connectivity index (χ3n) is 6.52. The number of fused-ring (bicyclic) bond motifs is 1. The van der Waals surface area contributed by atoms with Crippen LogP contribution < -0.4 is 10.2 Å². The third kappa shape index (κ3) is 5.29. The molecular weight excluding hydrogens is 382 g/mol. The van der Waals surface area contributed by atoms with E-state index < -0.39 is 0 Å². The maximum Gasteiger partial charge on any atom is 0.222 e. The summed E-state index contributed by atoms with van der Waals surface area (Å²) in [7, 11) is 1.63. The van der Waals surface area contributed by atoms with Crippen molar-refractivity contribution in [2.24, 2.45) is 5.92 Å². The van der Waals surface area contributed by atoms with Crippen molar-refractivity contribution in [3.05, 3.63) is 18.5 Å². The Morgan fingerprint density at radius 2 is 2.03 bits per heavy atom.